The van der Waals surface area contributed by atoms with E-state index in [2.05, 4.69) is 24.1 Å². The number of ether oxygens (including phenoxy) is 2. The maximum atomic E-state index is 6.06. The maximum absolute atomic E-state index is 6.06. The van der Waals surface area contributed by atoms with Crippen molar-refractivity contribution in [3.05, 3.63) is 23.8 Å². The van der Waals surface area contributed by atoms with Crippen molar-refractivity contribution >= 4 is 0 Å². The van der Waals surface area contributed by atoms with Crippen LogP contribution in [0.25, 0.3) is 0 Å². The first-order valence-electron chi connectivity index (χ1n) is 7.85. The topological polar surface area (TPSA) is 47.7 Å². The average molecular weight is 292 g/mol. The van der Waals surface area contributed by atoms with E-state index in [9.17, 15) is 0 Å². The Kier molecular flexibility index (Phi) is 5.88. The maximum Gasteiger partial charge on any atom is 0.161 e. The third-order valence-corrected chi connectivity index (χ3v) is 4.66. The zero-order valence-electron chi connectivity index (χ0n) is 13.5. The molecule has 21 heavy (non-hydrogen) atoms. The van der Waals surface area contributed by atoms with Crippen molar-refractivity contribution in [2.24, 2.45) is 5.73 Å². The fraction of sp³-hybridized carbons (Fsp3) is 0.647. The lowest BCUT2D eigenvalue weighted by Crippen LogP contribution is -2.39. The molecular formula is C17H28N2O2. The highest BCUT2D eigenvalue weighted by molar-refractivity contribution is 5.43. The monoisotopic (exact) mass is 292 g/mol. The van der Waals surface area contributed by atoms with Crippen molar-refractivity contribution in [2.45, 2.75) is 44.2 Å². The molecule has 4 nitrogen and oxygen atoms in total. The van der Waals surface area contributed by atoms with Crippen molar-refractivity contribution < 1.29 is 9.47 Å². The number of rotatable bonds is 6. The summed E-state index contributed by atoms with van der Waals surface area (Å²) in [7, 11) is 5.53. The number of nitrogens with two attached hydrogens (primary N) is 1. The summed E-state index contributed by atoms with van der Waals surface area (Å²) in [6, 6.07) is 6.98. The molecular weight excluding hydrogens is 264 g/mol. The molecule has 0 aromatic heterocycles. The Morgan fingerprint density at radius 3 is 2.38 bits per heavy atom. The summed E-state index contributed by atoms with van der Waals surface area (Å²) in [5.41, 5.74) is 7.26. The largest absolute Gasteiger partial charge is 0.493 e. The minimum Gasteiger partial charge on any atom is -0.493 e. The smallest absolute Gasteiger partial charge is 0.161 e. The number of hydrogen-bond donors (Lipinski definition) is 1. The highest BCUT2D eigenvalue weighted by Gasteiger charge is 2.25. The van der Waals surface area contributed by atoms with Crippen LogP contribution in [0.5, 0.6) is 11.5 Å². The Morgan fingerprint density at radius 1 is 1.14 bits per heavy atom. The van der Waals surface area contributed by atoms with Gasteiger partial charge in [0.2, 0.25) is 0 Å². The average Bonchev–Trinajstić information content (AvgIpc) is 2.56. The summed E-state index contributed by atoms with van der Waals surface area (Å²) < 4.78 is 10.7. The summed E-state index contributed by atoms with van der Waals surface area (Å²) >= 11 is 0. The molecule has 1 fully saturated rings. The van der Waals surface area contributed by atoms with Crippen LogP contribution in [0.15, 0.2) is 18.2 Å². The zero-order valence-corrected chi connectivity index (χ0v) is 13.5. The molecule has 1 aromatic rings. The van der Waals surface area contributed by atoms with Crippen molar-refractivity contribution in [2.75, 3.05) is 27.8 Å². The van der Waals surface area contributed by atoms with Gasteiger partial charge in [0.15, 0.2) is 11.5 Å². The molecule has 1 saturated carbocycles. The Bertz CT molecular complexity index is 444. The molecule has 0 amide bonds. The van der Waals surface area contributed by atoms with Crippen LogP contribution >= 0.6 is 0 Å². The number of nitrogens with zero attached hydrogens (tertiary/aromatic N) is 1. The van der Waals surface area contributed by atoms with Crippen LogP contribution in [-0.4, -0.2) is 38.8 Å². The van der Waals surface area contributed by atoms with Crippen LogP contribution in [0.1, 0.15) is 43.7 Å². The van der Waals surface area contributed by atoms with E-state index in [1.165, 1.54) is 37.7 Å². The quantitative estimate of drug-likeness (QED) is 0.875. The van der Waals surface area contributed by atoms with Crippen LogP contribution in [0, 0.1) is 0 Å². The van der Waals surface area contributed by atoms with E-state index in [0.717, 1.165) is 11.5 Å². The molecule has 1 aromatic carbocycles. The lowest BCUT2D eigenvalue weighted by Gasteiger charge is -2.37. The molecule has 0 spiro atoms. The predicted octanol–water partition coefficient (Wildman–Crippen LogP) is 2.97. The van der Waals surface area contributed by atoms with E-state index in [1.807, 2.05) is 6.07 Å². The Labute approximate surface area is 128 Å². The summed E-state index contributed by atoms with van der Waals surface area (Å²) in [5, 5.41) is 0. The van der Waals surface area contributed by atoms with E-state index in [0.29, 0.717) is 12.6 Å². The normalized spacial score (nSPS) is 17.8. The van der Waals surface area contributed by atoms with Crippen LogP contribution < -0.4 is 15.2 Å². The Balaban J connectivity index is 2.19. The minimum absolute atomic E-state index is 0.230. The molecule has 1 aliphatic carbocycles. The molecule has 4 heteroatoms. The van der Waals surface area contributed by atoms with Gasteiger partial charge in [-0.1, -0.05) is 25.3 Å². The fourth-order valence-electron chi connectivity index (χ4n) is 3.34. The van der Waals surface area contributed by atoms with Crippen LogP contribution in [0.3, 0.4) is 0 Å². The van der Waals surface area contributed by atoms with Crippen LogP contribution in [-0.2, 0) is 0 Å². The molecule has 1 aliphatic rings. The molecule has 0 radical (unpaired) electrons. The molecule has 2 rings (SSSR count). The summed E-state index contributed by atoms with van der Waals surface area (Å²) in [6.45, 7) is 0.614. The second-order valence-electron chi connectivity index (χ2n) is 5.82. The highest BCUT2D eigenvalue weighted by atomic mass is 16.5. The Hall–Kier alpha value is -1.26. The van der Waals surface area contributed by atoms with Gasteiger partial charge in [0, 0.05) is 18.6 Å². The second kappa shape index (κ2) is 7.66. The van der Waals surface area contributed by atoms with Crippen LogP contribution in [0.2, 0.25) is 0 Å². The second-order valence-corrected chi connectivity index (χ2v) is 5.82. The molecule has 118 valence electrons. The standard InChI is InChI=1S/C17H28N2O2/c1-19(14-7-5-4-6-8-14)15(12-18)13-9-10-16(20-2)17(11-13)21-3/h9-11,14-15H,4-8,12,18H2,1-3H3. The van der Waals surface area contributed by atoms with Gasteiger partial charge in [-0.3, -0.25) is 4.90 Å². The lowest BCUT2D eigenvalue weighted by molar-refractivity contribution is 0.140. The molecule has 0 bridgehead atoms. The highest BCUT2D eigenvalue weighted by Crippen LogP contribution is 2.33. The van der Waals surface area contributed by atoms with E-state index < -0.39 is 0 Å². The first-order valence-corrected chi connectivity index (χ1v) is 7.85. The molecule has 1 atom stereocenters. The molecule has 1 unspecified atom stereocenters. The van der Waals surface area contributed by atoms with Gasteiger partial charge in [-0.25, -0.2) is 0 Å². The van der Waals surface area contributed by atoms with Gasteiger partial charge >= 0.3 is 0 Å². The molecule has 0 heterocycles. The Morgan fingerprint density at radius 2 is 1.81 bits per heavy atom. The molecule has 0 aliphatic heterocycles. The van der Waals surface area contributed by atoms with Gasteiger partial charge < -0.3 is 15.2 Å². The van der Waals surface area contributed by atoms with E-state index in [-0.39, 0.29) is 6.04 Å². The molecule has 2 N–H and O–H groups in total. The van der Waals surface area contributed by atoms with Gasteiger partial charge in [0.1, 0.15) is 0 Å². The minimum atomic E-state index is 0.230. The van der Waals surface area contributed by atoms with Gasteiger partial charge in [-0.05, 0) is 37.6 Å². The van der Waals surface area contributed by atoms with Crippen molar-refractivity contribution in [1.82, 2.24) is 4.90 Å². The SMILES string of the molecule is COc1ccc(C(CN)N(C)C2CCCCC2)cc1OC. The third kappa shape index (κ3) is 3.69. The van der Waals surface area contributed by atoms with Gasteiger partial charge in [0.05, 0.1) is 14.2 Å². The third-order valence-electron chi connectivity index (χ3n) is 4.66. The lowest BCUT2D eigenvalue weighted by atomic mass is 9.92. The summed E-state index contributed by atoms with van der Waals surface area (Å²) in [5.74, 6) is 1.53. The summed E-state index contributed by atoms with van der Waals surface area (Å²) in [6.07, 6.45) is 6.59. The first kappa shape index (κ1) is 16.1. The van der Waals surface area contributed by atoms with E-state index >= 15 is 0 Å². The zero-order chi connectivity index (χ0) is 15.2. The van der Waals surface area contributed by atoms with Crippen LogP contribution in [0.4, 0.5) is 0 Å². The summed E-state index contributed by atoms with van der Waals surface area (Å²) in [4.78, 5) is 2.44. The number of benzene rings is 1. The van der Waals surface area contributed by atoms with Crippen molar-refractivity contribution in [3.8, 4) is 11.5 Å². The predicted molar refractivity (Wildman–Crippen MR) is 86.0 cm³/mol. The molecule has 0 saturated heterocycles. The van der Waals surface area contributed by atoms with E-state index in [4.69, 9.17) is 15.2 Å². The van der Waals surface area contributed by atoms with Gasteiger partial charge in [0.25, 0.3) is 0 Å². The number of hydrogen-bond acceptors (Lipinski definition) is 4. The van der Waals surface area contributed by atoms with Crippen molar-refractivity contribution in [1.29, 1.82) is 0 Å². The number of methoxy groups -OCH3 is 2. The van der Waals surface area contributed by atoms with Crippen molar-refractivity contribution in [3.63, 3.8) is 0 Å². The first-order chi connectivity index (χ1) is 10.2. The fourth-order valence-corrected chi connectivity index (χ4v) is 3.34. The van der Waals surface area contributed by atoms with Gasteiger partial charge in [-0.15, -0.1) is 0 Å². The van der Waals surface area contributed by atoms with E-state index in [1.54, 1.807) is 14.2 Å². The number of likely N-dealkylation sites (N-methyl/N-ethyl adjacent to an activating group) is 1. The van der Waals surface area contributed by atoms with Gasteiger partial charge in [-0.2, -0.15) is 0 Å².